The van der Waals surface area contributed by atoms with Gasteiger partial charge in [0.2, 0.25) is 0 Å². The van der Waals surface area contributed by atoms with E-state index in [1.807, 2.05) is 35.2 Å². The molecule has 0 bridgehead atoms. The zero-order valence-corrected chi connectivity index (χ0v) is 19.1. The minimum Gasteiger partial charge on any atom is -0.349 e. The van der Waals surface area contributed by atoms with Gasteiger partial charge in [0.25, 0.3) is 5.56 Å². The normalized spacial score (nSPS) is 16.3. The van der Waals surface area contributed by atoms with Gasteiger partial charge in [-0.25, -0.2) is 4.98 Å². The van der Waals surface area contributed by atoms with Crippen molar-refractivity contribution in [2.24, 2.45) is 0 Å². The van der Waals surface area contributed by atoms with Crippen LogP contribution in [0.1, 0.15) is 17.2 Å². The van der Waals surface area contributed by atoms with E-state index >= 15 is 0 Å². The molecule has 0 aliphatic carbocycles. The molecule has 1 unspecified atom stereocenters. The lowest BCUT2D eigenvalue weighted by molar-refractivity contribution is -0.177. The molecule has 1 fully saturated rings. The Hall–Kier alpha value is -3.70. The van der Waals surface area contributed by atoms with Crippen molar-refractivity contribution in [3.05, 3.63) is 82.4 Å². The molecule has 184 valence electrons. The maximum absolute atomic E-state index is 13.5. The lowest BCUT2D eigenvalue weighted by atomic mass is 10.0. The number of carbonyl (C=O) groups is 1. The number of hydrogen-bond acceptors (Lipinski definition) is 6. The second kappa shape index (κ2) is 9.88. The molecule has 3 aromatic rings. The molecule has 8 nitrogen and oxygen atoms in total. The largest absolute Gasteiger partial charge is 0.473 e. The van der Waals surface area contributed by atoms with E-state index < -0.39 is 17.6 Å². The quantitative estimate of drug-likeness (QED) is 0.557. The van der Waals surface area contributed by atoms with Crippen LogP contribution in [0.5, 0.6) is 0 Å². The number of aromatic nitrogens is 2. The average molecular weight is 487 g/mol. The van der Waals surface area contributed by atoms with Gasteiger partial charge in [0.15, 0.2) is 5.82 Å². The minimum absolute atomic E-state index is 0.00788. The molecule has 0 spiro atoms. The average Bonchev–Trinajstić information content (AvgIpc) is 2.86. The number of amides is 1. The summed E-state index contributed by atoms with van der Waals surface area (Å²) in [6, 6.07) is 14.0. The first kappa shape index (κ1) is 24.4. The third-order valence-corrected chi connectivity index (χ3v) is 5.80. The van der Waals surface area contributed by atoms with Crippen LogP contribution in [0.15, 0.2) is 65.7 Å². The first-order valence-corrected chi connectivity index (χ1v) is 10.9. The van der Waals surface area contributed by atoms with Crippen LogP contribution < -0.4 is 20.8 Å². The Bertz CT molecular complexity index is 1260. The fourth-order valence-electron chi connectivity index (χ4n) is 4.06. The fourth-order valence-corrected chi connectivity index (χ4v) is 4.06. The van der Waals surface area contributed by atoms with E-state index in [4.69, 9.17) is 4.84 Å². The predicted molar refractivity (Wildman–Crippen MR) is 125 cm³/mol. The van der Waals surface area contributed by atoms with Gasteiger partial charge < -0.3 is 10.2 Å². The zero-order chi connectivity index (χ0) is 25.2. The van der Waals surface area contributed by atoms with E-state index in [-0.39, 0.29) is 22.6 Å². The van der Waals surface area contributed by atoms with Crippen molar-refractivity contribution in [2.75, 3.05) is 36.7 Å². The Morgan fingerprint density at radius 1 is 1.20 bits per heavy atom. The van der Waals surface area contributed by atoms with E-state index in [0.717, 1.165) is 12.7 Å². The molecule has 1 aliphatic rings. The monoisotopic (exact) mass is 487 g/mol. The van der Waals surface area contributed by atoms with Crippen molar-refractivity contribution in [1.82, 2.24) is 14.9 Å². The molecule has 11 heteroatoms. The van der Waals surface area contributed by atoms with Crippen molar-refractivity contribution in [1.29, 1.82) is 0 Å². The molecule has 1 N–H and O–H groups in total. The zero-order valence-electron chi connectivity index (χ0n) is 19.1. The Labute approximate surface area is 199 Å². The second-order valence-corrected chi connectivity index (χ2v) is 8.04. The molecule has 4 rings (SSSR count). The number of nitrogens with one attached hydrogen (secondary N) is 1. The summed E-state index contributed by atoms with van der Waals surface area (Å²) in [4.78, 5) is 36.1. The molecular weight excluding hydrogens is 463 g/mol. The van der Waals surface area contributed by atoms with Crippen LogP contribution in [0.25, 0.3) is 5.69 Å². The van der Waals surface area contributed by atoms with Gasteiger partial charge in [-0.1, -0.05) is 36.4 Å². The number of piperazine rings is 1. The Morgan fingerprint density at radius 3 is 2.63 bits per heavy atom. The third-order valence-electron chi connectivity index (χ3n) is 5.80. The molecule has 2 aromatic carbocycles. The van der Waals surface area contributed by atoms with Crippen molar-refractivity contribution in [3.63, 3.8) is 0 Å². The molecule has 1 amide bonds. The summed E-state index contributed by atoms with van der Waals surface area (Å²) in [5.74, 6) is -1.94. The highest BCUT2D eigenvalue weighted by Gasteiger charge is 2.44. The Morgan fingerprint density at radius 2 is 1.94 bits per heavy atom. The maximum Gasteiger partial charge on any atom is 0.473 e. The van der Waals surface area contributed by atoms with Crippen molar-refractivity contribution in [3.8, 4) is 5.69 Å². The van der Waals surface area contributed by atoms with E-state index in [9.17, 15) is 22.8 Å². The number of rotatable bonds is 5. The summed E-state index contributed by atoms with van der Waals surface area (Å²) in [5.41, 5.74) is 1.43. The number of nitrogens with zero attached hydrogens (tertiary/aromatic N) is 4. The summed E-state index contributed by atoms with van der Waals surface area (Å²) in [6.07, 6.45) is -2.21. The van der Waals surface area contributed by atoms with Crippen LogP contribution >= 0.6 is 0 Å². The molecule has 35 heavy (non-hydrogen) atoms. The Kier molecular flexibility index (Phi) is 6.90. The van der Waals surface area contributed by atoms with Crippen LogP contribution in [0.4, 0.5) is 24.7 Å². The molecule has 1 saturated heterocycles. The standard InChI is InChI=1S/C24H24F3N5O3/c1-16-8-9-18(32(35-2)23(34)24(25,26)27)14-20(16)31-13-11-29-21(22(31)33)30-12-10-28-19(15-30)17-6-4-3-5-7-17/h3-9,11,13-14,19,28H,10,12,15H2,1-2H3. The molecular formula is C24H24F3N5O3. The van der Waals surface area contributed by atoms with E-state index in [1.54, 1.807) is 6.92 Å². The molecule has 1 atom stereocenters. The van der Waals surface area contributed by atoms with Crippen LogP contribution in [0.2, 0.25) is 0 Å². The minimum atomic E-state index is -5.13. The van der Waals surface area contributed by atoms with Crippen LogP contribution in [-0.2, 0) is 9.63 Å². The number of carbonyl (C=O) groups excluding carboxylic acids is 1. The van der Waals surface area contributed by atoms with Gasteiger partial charge in [-0.05, 0) is 30.2 Å². The van der Waals surface area contributed by atoms with Gasteiger partial charge >= 0.3 is 12.1 Å². The number of anilines is 2. The molecule has 1 aliphatic heterocycles. The molecule has 2 heterocycles. The second-order valence-electron chi connectivity index (χ2n) is 8.04. The number of hydrogen-bond donors (Lipinski definition) is 1. The number of hydroxylamine groups is 1. The van der Waals surface area contributed by atoms with Crippen LogP contribution in [0, 0.1) is 6.92 Å². The SMILES string of the molecule is CON(C(=O)C(F)(F)F)c1ccc(C)c(-n2ccnc(N3CCNC(c4ccccc4)C3)c2=O)c1. The molecule has 0 saturated carbocycles. The number of halogens is 3. The summed E-state index contributed by atoms with van der Waals surface area (Å²) >= 11 is 0. The third kappa shape index (κ3) is 5.05. The fraction of sp³-hybridized carbons (Fsp3) is 0.292. The number of alkyl halides is 3. The number of aryl methyl sites for hydroxylation is 1. The lowest BCUT2D eigenvalue weighted by Crippen LogP contribution is -2.48. The number of benzene rings is 2. The van der Waals surface area contributed by atoms with Crippen molar-refractivity contribution in [2.45, 2.75) is 19.1 Å². The highest BCUT2D eigenvalue weighted by atomic mass is 19.4. The summed E-state index contributed by atoms with van der Waals surface area (Å²) < 4.78 is 40.3. The van der Waals surface area contributed by atoms with Gasteiger partial charge in [0.05, 0.1) is 18.5 Å². The van der Waals surface area contributed by atoms with Gasteiger partial charge in [-0.15, -0.1) is 0 Å². The van der Waals surface area contributed by atoms with Gasteiger partial charge in [-0.2, -0.15) is 18.2 Å². The highest BCUT2D eigenvalue weighted by Crippen LogP contribution is 2.27. The van der Waals surface area contributed by atoms with Gasteiger partial charge in [0.1, 0.15) is 0 Å². The van der Waals surface area contributed by atoms with Crippen LogP contribution in [-0.4, -0.2) is 48.4 Å². The van der Waals surface area contributed by atoms with Crippen LogP contribution in [0.3, 0.4) is 0 Å². The summed E-state index contributed by atoms with van der Waals surface area (Å²) in [5, 5.41) is 3.59. The van der Waals surface area contributed by atoms with Crippen molar-refractivity contribution >= 4 is 17.4 Å². The predicted octanol–water partition coefficient (Wildman–Crippen LogP) is 3.15. The molecule has 0 radical (unpaired) electrons. The summed E-state index contributed by atoms with van der Waals surface area (Å²) in [6.45, 7) is 3.44. The van der Waals surface area contributed by atoms with Gasteiger partial charge in [-0.3, -0.25) is 19.0 Å². The topological polar surface area (TPSA) is 79.7 Å². The van der Waals surface area contributed by atoms with Crippen molar-refractivity contribution < 1.29 is 22.8 Å². The molecule has 1 aromatic heterocycles. The highest BCUT2D eigenvalue weighted by molar-refractivity contribution is 5.95. The summed E-state index contributed by atoms with van der Waals surface area (Å²) in [7, 11) is 0.966. The smallest absolute Gasteiger partial charge is 0.349 e. The lowest BCUT2D eigenvalue weighted by Gasteiger charge is -2.34. The van der Waals surface area contributed by atoms with Gasteiger partial charge in [0, 0.05) is 38.1 Å². The van der Waals surface area contributed by atoms with E-state index in [2.05, 4.69) is 10.3 Å². The first-order chi connectivity index (χ1) is 16.7. The van der Waals surface area contributed by atoms with E-state index in [1.165, 1.54) is 35.2 Å². The first-order valence-electron chi connectivity index (χ1n) is 10.9. The Balaban J connectivity index is 1.69. The maximum atomic E-state index is 13.5. The van der Waals surface area contributed by atoms with E-state index in [0.29, 0.717) is 30.9 Å².